The maximum absolute atomic E-state index is 13.5. The molecule has 0 fully saturated rings. The minimum absolute atomic E-state index is 0.188. The van der Waals surface area contributed by atoms with Crippen molar-refractivity contribution in [2.24, 2.45) is 16.6 Å². The number of carbonyl (C=O) groups excluding carboxylic acids is 3. The molecule has 0 bridgehead atoms. The van der Waals surface area contributed by atoms with Crippen LogP contribution in [0.15, 0.2) is 84.1 Å². The maximum atomic E-state index is 13.5. The van der Waals surface area contributed by atoms with E-state index in [4.69, 9.17) is 5.73 Å². The number of pyridine rings is 1. The first-order valence-corrected chi connectivity index (χ1v) is 11.7. The highest BCUT2D eigenvalue weighted by molar-refractivity contribution is 6.19. The number of anilines is 1. The summed E-state index contributed by atoms with van der Waals surface area (Å²) in [7, 11) is 0. The first kappa shape index (κ1) is 26.5. The van der Waals surface area contributed by atoms with Crippen LogP contribution < -0.4 is 16.4 Å². The highest BCUT2D eigenvalue weighted by Crippen LogP contribution is 2.33. The van der Waals surface area contributed by atoms with Crippen molar-refractivity contribution in [3.8, 4) is 0 Å². The van der Waals surface area contributed by atoms with Crippen molar-refractivity contribution in [1.82, 2.24) is 10.3 Å². The molecule has 2 aromatic carbocycles. The molecular formula is C27H24F3N5O3. The van der Waals surface area contributed by atoms with Crippen LogP contribution in [0.25, 0.3) is 0 Å². The van der Waals surface area contributed by atoms with Gasteiger partial charge in [-0.05, 0) is 24.1 Å². The van der Waals surface area contributed by atoms with Crippen molar-refractivity contribution in [1.29, 1.82) is 0 Å². The molecule has 1 aliphatic heterocycles. The van der Waals surface area contributed by atoms with Gasteiger partial charge in [0.1, 0.15) is 0 Å². The molecule has 0 saturated heterocycles. The molecule has 4 rings (SSSR count). The maximum Gasteiger partial charge on any atom is 0.389 e. The zero-order chi connectivity index (χ0) is 27.3. The van der Waals surface area contributed by atoms with Crippen molar-refractivity contribution >= 4 is 29.1 Å². The molecule has 0 radical (unpaired) electrons. The first-order chi connectivity index (χ1) is 18.1. The van der Waals surface area contributed by atoms with E-state index in [-0.39, 0.29) is 5.56 Å². The molecule has 2 unspecified atom stereocenters. The third-order valence-corrected chi connectivity index (χ3v) is 6.10. The second-order valence-electron chi connectivity index (χ2n) is 8.72. The van der Waals surface area contributed by atoms with E-state index in [1.165, 1.54) is 24.5 Å². The average Bonchev–Trinajstić information content (AvgIpc) is 3.02. The van der Waals surface area contributed by atoms with Crippen molar-refractivity contribution in [2.75, 3.05) is 5.32 Å². The Labute approximate surface area is 216 Å². The second kappa shape index (κ2) is 11.2. The third kappa shape index (κ3) is 6.23. The van der Waals surface area contributed by atoms with Crippen LogP contribution >= 0.6 is 0 Å². The van der Waals surface area contributed by atoms with Crippen LogP contribution in [-0.4, -0.2) is 40.8 Å². The molecular weight excluding hydrogens is 499 g/mol. The van der Waals surface area contributed by atoms with Crippen LogP contribution in [0.4, 0.5) is 18.9 Å². The number of amides is 3. The van der Waals surface area contributed by atoms with Gasteiger partial charge in [-0.15, -0.1) is 0 Å². The Morgan fingerprint density at radius 2 is 1.74 bits per heavy atom. The van der Waals surface area contributed by atoms with E-state index in [1.54, 1.807) is 48.5 Å². The molecule has 2 heterocycles. The Kier molecular flexibility index (Phi) is 7.85. The van der Waals surface area contributed by atoms with E-state index in [0.29, 0.717) is 22.5 Å². The molecule has 4 N–H and O–H groups in total. The number of aromatic nitrogens is 1. The molecule has 0 saturated carbocycles. The highest BCUT2D eigenvalue weighted by atomic mass is 19.4. The molecule has 8 nitrogen and oxygen atoms in total. The standard InChI is InChI=1S/C27H24F3N5O3/c28-27(29,30)13-12-19(21(23(31)36)17-9-6-14-32-15-17)25(37)35-24-26(38)33-20-11-5-4-10-18(20)22(34-24)16-7-2-1-3-8-16/h1-11,14-15,19,21,24H,12-13H2,(H2,31,36)(H,33,38)(H,35,37)/t19?,21?,24-/m1/s1. The lowest BCUT2D eigenvalue weighted by Crippen LogP contribution is -2.47. The quantitative estimate of drug-likeness (QED) is 0.417. The molecule has 1 aromatic heterocycles. The number of nitrogens with two attached hydrogens (primary N) is 1. The Morgan fingerprint density at radius 3 is 2.39 bits per heavy atom. The number of benzodiazepines with no additional fused rings is 1. The molecule has 3 atom stereocenters. The summed E-state index contributed by atoms with van der Waals surface area (Å²) in [4.78, 5) is 47.3. The number of hydrogen-bond donors (Lipinski definition) is 3. The van der Waals surface area contributed by atoms with Gasteiger partial charge in [0.2, 0.25) is 18.0 Å². The van der Waals surface area contributed by atoms with Crippen molar-refractivity contribution in [2.45, 2.75) is 31.1 Å². The van der Waals surface area contributed by atoms with E-state index < -0.39 is 54.7 Å². The van der Waals surface area contributed by atoms with Gasteiger partial charge in [-0.1, -0.05) is 54.6 Å². The van der Waals surface area contributed by atoms with E-state index >= 15 is 0 Å². The fourth-order valence-corrected chi connectivity index (χ4v) is 4.35. The minimum atomic E-state index is -4.59. The number of aliphatic imine (C=N–C) groups is 1. The number of nitrogens with zero attached hydrogens (tertiary/aromatic N) is 2. The van der Waals surface area contributed by atoms with Crippen LogP contribution in [-0.2, 0) is 14.4 Å². The fraction of sp³-hybridized carbons (Fsp3) is 0.222. The van der Waals surface area contributed by atoms with E-state index in [0.717, 1.165) is 0 Å². The fourth-order valence-electron chi connectivity index (χ4n) is 4.35. The summed E-state index contributed by atoms with van der Waals surface area (Å²) in [6, 6.07) is 18.8. The molecule has 11 heteroatoms. The number of hydrogen-bond acceptors (Lipinski definition) is 5. The summed E-state index contributed by atoms with van der Waals surface area (Å²) in [6.07, 6.45) is -5.46. The Bertz CT molecular complexity index is 1350. The zero-order valence-electron chi connectivity index (χ0n) is 20.0. The van der Waals surface area contributed by atoms with Gasteiger partial charge in [-0.25, -0.2) is 4.99 Å². The van der Waals surface area contributed by atoms with Crippen LogP contribution in [0.3, 0.4) is 0 Å². The van der Waals surface area contributed by atoms with E-state index in [1.807, 2.05) is 6.07 Å². The molecule has 0 spiro atoms. The van der Waals surface area contributed by atoms with Gasteiger partial charge >= 0.3 is 6.18 Å². The summed E-state index contributed by atoms with van der Waals surface area (Å²) >= 11 is 0. The highest BCUT2D eigenvalue weighted by Gasteiger charge is 2.39. The number of para-hydroxylation sites is 1. The number of nitrogens with one attached hydrogen (secondary N) is 2. The molecule has 3 amide bonds. The molecule has 0 aliphatic carbocycles. The largest absolute Gasteiger partial charge is 0.389 e. The predicted octanol–water partition coefficient (Wildman–Crippen LogP) is 3.54. The summed E-state index contributed by atoms with van der Waals surface area (Å²) < 4.78 is 39.5. The molecule has 1 aliphatic rings. The van der Waals surface area contributed by atoms with E-state index in [2.05, 4.69) is 20.6 Å². The monoisotopic (exact) mass is 523 g/mol. The predicted molar refractivity (Wildman–Crippen MR) is 134 cm³/mol. The van der Waals surface area contributed by atoms with Crippen LogP contribution in [0.1, 0.15) is 35.4 Å². The number of carbonyl (C=O) groups is 3. The smallest absolute Gasteiger partial charge is 0.369 e. The molecule has 196 valence electrons. The Hall–Kier alpha value is -4.54. The second-order valence-corrected chi connectivity index (χ2v) is 8.72. The van der Waals surface area contributed by atoms with Gasteiger partial charge in [0.05, 0.1) is 23.2 Å². The van der Waals surface area contributed by atoms with Crippen molar-refractivity contribution < 1.29 is 27.6 Å². The average molecular weight is 524 g/mol. The summed E-state index contributed by atoms with van der Waals surface area (Å²) in [6.45, 7) is 0. The lowest BCUT2D eigenvalue weighted by Gasteiger charge is -2.26. The Morgan fingerprint density at radius 1 is 1.03 bits per heavy atom. The number of halogens is 3. The van der Waals surface area contributed by atoms with Crippen LogP contribution in [0, 0.1) is 5.92 Å². The summed E-state index contributed by atoms with van der Waals surface area (Å²) in [5.41, 5.74) is 7.86. The lowest BCUT2D eigenvalue weighted by atomic mass is 9.82. The summed E-state index contributed by atoms with van der Waals surface area (Å²) in [5, 5.41) is 5.16. The van der Waals surface area contributed by atoms with Crippen LogP contribution in [0.2, 0.25) is 0 Å². The van der Waals surface area contributed by atoms with Crippen molar-refractivity contribution in [3.63, 3.8) is 0 Å². The van der Waals surface area contributed by atoms with Gasteiger partial charge in [-0.3, -0.25) is 19.4 Å². The number of fused-ring (bicyclic) bond motifs is 1. The first-order valence-electron chi connectivity index (χ1n) is 11.7. The SMILES string of the molecule is NC(=O)C(c1cccnc1)C(CCC(F)(F)F)C(=O)N[C@H]1N=C(c2ccccc2)c2ccccc2NC1=O. The van der Waals surface area contributed by atoms with E-state index in [9.17, 15) is 27.6 Å². The number of alkyl halides is 3. The third-order valence-electron chi connectivity index (χ3n) is 6.10. The van der Waals surface area contributed by atoms with Gasteiger partial charge in [0.15, 0.2) is 0 Å². The zero-order valence-corrected chi connectivity index (χ0v) is 20.0. The van der Waals surface area contributed by atoms with Gasteiger partial charge in [0, 0.05) is 29.9 Å². The van der Waals surface area contributed by atoms with Crippen molar-refractivity contribution in [3.05, 3.63) is 95.8 Å². The van der Waals surface area contributed by atoms with Gasteiger partial charge in [0.25, 0.3) is 5.91 Å². The topological polar surface area (TPSA) is 127 Å². The number of rotatable bonds is 8. The normalized spacial score (nSPS) is 16.8. The minimum Gasteiger partial charge on any atom is -0.369 e. The molecule has 38 heavy (non-hydrogen) atoms. The van der Waals surface area contributed by atoms with Gasteiger partial charge < -0.3 is 16.4 Å². The Balaban J connectivity index is 1.71. The molecule has 3 aromatic rings. The number of benzene rings is 2. The summed E-state index contributed by atoms with van der Waals surface area (Å²) in [5.74, 6) is -5.60. The van der Waals surface area contributed by atoms with Crippen LogP contribution in [0.5, 0.6) is 0 Å². The number of primary amides is 1. The lowest BCUT2D eigenvalue weighted by molar-refractivity contribution is -0.144. The van der Waals surface area contributed by atoms with Gasteiger partial charge in [-0.2, -0.15) is 13.2 Å².